The van der Waals surface area contributed by atoms with E-state index in [1.807, 2.05) is 6.07 Å². The van der Waals surface area contributed by atoms with Crippen LogP contribution in [-0.2, 0) is 0 Å². The van der Waals surface area contributed by atoms with Gasteiger partial charge in [0.05, 0.1) is 0 Å². The first-order valence-electron chi connectivity index (χ1n) is 4.46. The van der Waals surface area contributed by atoms with Gasteiger partial charge < -0.3 is 0 Å². The third kappa shape index (κ3) is 2.45. The number of rotatable bonds is 3. The molecule has 0 unspecified atom stereocenters. The Morgan fingerprint density at radius 1 is 1.31 bits per heavy atom. The summed E-state index contributed by atoms with van der Waals surface area (Å²) in [5.41, 5.74) is 0. The van der Waals surface area contributed by atoms with Crippen LogP contribution in [-0.4, -0.2) is 11.9 Å². The minimum atomic E-state index is -2.11. The summed E-state index contributed by atoms with van der Waals surface area (Å²) in [6.45, 7) is 4.24. The number of halogens is 1. The molecular weight excluding hydrogens is 246 g/mol. The van der Waals surface area contributed by atoms with Crippen LogP contribution in [0.15, 0.2) is 24.3 Å². The first kappa shape index (κ1) is 11.0. The van der Waals surface area contributed by atoms with Crippen molar-refractivity contribution in [2.45, 2.75) is 24.3 Å². The first-order chi connectivity index (χ1) is 6.12. The third-order valence-corrected chi connectivity index (χ3v) is 12.9. The molecule has 72 valence electrons. The van der Waals surface area contributed by atoms with Crippen molar-refractivity contribution in [3.8, 4) is 0 Å². The normalized spacial score (nSPS) is 11.6. The van der Waals surface area contributed by atoms with Crippen molar-refractivity contribution in [2.75, 3.05) is 0 Å². The molecule has 0 N–H and O–H groups in total. The van der Waals surface area contributed by atoms with Crippen molar-refractivity contribution in [3.63, 3.8) is 0 Å². The van der Waals surface area contributed by atoms with Gasteiger partial charge in [-0.05, 0) is 0 Å². The molecular formula is C10H14AsFS. The molecule has 0 nitrogen and oxygen atoms in total. The summed E-state index contributed by atoms with van der Waals surface area (Å²) in [7, 11) is 5.64. The van der Waals surface area contributed by atoms with Crippen molar-refractivity contribution in [2.24, 2.45) is 0 Å². The molecule has 13 heavy (non-hydrogen) atoms. The van der Waals surface area contributed by atoms with Gasteiger partial charge in [-0.3, -0.25) is 0 Å². The van der Waals surface area contributed by atoms with E-state index in [0.29, 0.717) is 0 Å². The summed E-state index contributed by atoms with van der Waals surface area (Å²) in [4.78, 5) is 0. The average molecular weight is 260 g/mol. The van der Waals surface area contributed by atoms with Gasteiger partial charge in [0.1, 0.15) is 0 Å². The van der Waals surface area contributed by atoms with Crippen molar-refractivity contribution in [1.29, 1.82) is 0 Å². The SMILES string of the molecule is CC[As](=S)(CC)c1cccc(F)c1. The monoisotopic (exact) mass is 260 g/mol. The van der Waals surface area contributed by atoms with Crippen LogP contribution in [0.4, 0.5) is 4.39 Å². The van der Waals surface area contributed by atoms with Crippen LogP contribution in [0, 0.1) is 5.82 Å². The second-order valence-electron chi connectivity index (χ2n) is 3.00. The van der Waals surface area contributed by atoms with E-state index in [1.54, 1.807) is 12.1 Å². The molecule has 0 saturated carbocycles. The van der Waals surface area contributed by atoms with Gasteiger partial charge in [0.2, 0.25) is 0 Å². The molecule has 1 aromatic carbocycles. The van der Waals surface area contributed by atoms with Crippen molar-refractivity contribution in [1.82, 2.24) is 0 Å². The van der Waals surface area contributed by atoms with Gasteiger partial charge in [0.15, 0.2) is 0 Å². The Labute approximate surface area is 85.4 Å². The minimum absolute atomic E-state index is 0.157. The van der Waals surface area contributed by atoms with Gasteiger partial charge in [-0.25, -0.2) is 0 Å². The fourth-order valence-corrected chi connectivity index (χ4v) is 5.88. The van der Waals surface area contributed by atoms with Crippen LogP contribution >= 0.6 is 10.4 Å². The maximum absolute atomic E-state index is 13.0. The molecule has 0 fully saturated rings. The standard InChI is InChI=1S/C10H14AsFS/c1-3-11(13,4-2)9-6-5-7-10(12)8-9/h5-8H,3-4H2,1-2H3. The second kappa shape index (κ2) is 4.43. The van der Waals surface area contributed by atoms with E-state index in [-0.39, 0.29) is 5.82 Å². The molecule has 0 bridgehead atoms. The second-order valence-corrected chi connectivity index (χ2v) is 14.1. The van der Waals surface area contributed by atoms with E-state index < -0.39 is 11.9 Å². The van der Waals surface area contributed by atoms with E-state index in [9.17, 15) is 4.39 Å². The van der Waals surface area contributed by atoms with Gasteiger partial charge in [-0.1, -0.05) is 0 Å². The van der Waals surface area contributed by atoms with Crippen LogP contribution in [0.3, 0.4) is 0 Å². The van der Waals surface area contributed by atoms with Crippen LogP contribution < -0.4 is 4.35 Å². The third-order valence-electron chi connectivity index (χ3n) is 2.30. The number of hydrogen-bond acceptors (Lipinski definition) is 1. The van der Waals surface area contributed by atoms with Crippen LogP contribution in [0.5, 0.6) is 0 Å². The van der Waals surface area contributed by atoms with E-state index >= 15 is 0 Å². The summed E-state index contributed by atoms with van der Waals surface area (Å²) in [6, 6.07) is 6.84. The van der Waals surface area contributed by atoms with Gasteiger partial charge in [-0.2, -0.15) is 0 Å². The van der Waals surface area contributed by atoms with Crippen LogP contribution in [0.1, 0.15) is 13.8 Å². The molecule has 0 spiro atoms. The molecule has 3 heteroatoms. The quantitative estimate of drug-likeness (QED) is 0.752. The Morgan fingerprint density at radius 2 is 1.92 bits per heavy atom. The Kier molecular flexibility index (Phi) is 3.75. The average Bonchev–Trinajstić information content (AvgIpc) is 2.17. The summed E-state index contributed by atoms with van der Waals surface area (Å²) in [5, 5.41) is 2.07. The molecule has 0 heterocycles. The van der Waals surface area contributed by atoms with E-state index in [2.05, 4.69) is 13.8 Å². The molecule has 0 aliphatic heterocycles. The van der Waals surface area contributed by atoms with Gasteiger partial charge in [-0.15, -0.1) is 0 Å². The van der Waals surface area contributed by atoms with E-state index in [0.717, 1.165) is 14.8 Å². The summed E-state index contributed by atoms with van der Waals surface area (Å²) < 4.78 is 14.0. The Bertz CT molecular complexity index is 327. The Balaban J connectivity index is 3.13. The van der Waals surface area contributed by atoms with Gasteiger partial charge >= 0.3 is 85.4 Å². The predicted molar refractivity (Wildman–Crippen MR) is 60.3 cm³/mol. The van der Waals surface area contributed by atoms with E-state index in [1.165, 1.54) is 6.07 Å². The van der Waals surface area contributed by atoms with Gasteiger partial charge in [0.25, 0.3) is 0 Å². The van der Waals surface area contributed by atoms with Crippen LogP contribution in [0.2, 0.25) is 10.4 Å². The maximum atomic E-state index is 13.0. The first-order valence-corrected chi connectivity index (χ1v) is 10.7. The molecule has 0 amide bonds. The summed E-state index contributed by atoms with van der Waals surface area (Å²) in [6.07, 6.45) is 0. The number of benzene rings is 1. The van der Waals surface area contributed by atoms with Crippen molar-refractivity contribution >= 4 is 26.6 Å². The molecule has 0 radical (unpaired) electrons. The zero-order chi connectivity index (χ0) is 9.90. The fraction of sp³-hybridized carbons (Fsp3) is 0.400. The Morgan fingerprint density at radius 3 is 2.38 bits per heavy atom. The molecule has 1 aromatic rings. The van der Waals surface area contributed by atoms with Gasteiger partial charge in [0, 0.05) is 0 Å². The fourth-order valence-electron chi connectivity index (χ4n) is 1.32. The molecule has 0 aliphatic rings. The molecule has 0 aromatic heterocycles. The summed E-state index contributed by atoms with van der Waals surface area (Å²) >= 11 is -2.11. The summed E-state index contributed by atoms with van der Waals surface area (Å²) in [5.74, 6) is -0.157. The zero-order valence-electron chi connectivity index (χ0n) is 7.96. The Hall–Kier alpha value is -0.0716. The van der Waals surface area contributed by atoms with Crippen molar-refractivity contribution < 1.29 is 4.39 Å². The molecule has 0 saturated heterocycles. The predicted octanol–water partition coefficient (Wildman–Crippen LogP) is 3.22. The topological polar surface area (TPSA) is 0 Å². The van der Waals surface area contributed by atoms with Crippen LogP contribution in [0.25, 0.3) is 0 Å². The molecule has 0 aliphatic carbocycles. The van der Waals surface area contributed by atoms with Crippen molar-refractivity contribution in [3.05, 3.63) is 30.1 Å². The molecule has 1 rings (SSSR count). The zero-order valence-corrected chi connectivity index (χ0v) is 10.7. The van der Waals surface area contributed by atoms with E-state index in [4.69, 9.17) is 10.4 Å². The number of hydrogen-bond donors (Lipinski definition) is 0. The molecule has 0 atom stereocenters.